The minimum atomic E-state index is 0.352. The van der Waals surface area contributed by atoms with Gasteiger partial charge in [-0.15, -0.1) is 6.58 Å². The molecule has 3 heteroatoms. The molecule has 1 unspecified atom stereocenters. The van der Waals surface area contributed by atoms with E-state index in [4.69, 9.17) is 4.74 Å². The van der Waals surface area contributed by atoms with Crippen molar-refractivity contribution in [3.63, 3.8) is 0 Å². The van der Waals surface area contributed by atoms with Crippen LogP contribution in [0, 0.1) is 0 Å². The van der Waals surface area contributed by atoms with Gasteiger partial charge < -0.3 is 15.0 Å². The summed E-state index contributed by atoms with van der Waals surface area (Å²) in [5, 5.41) is 3.45. The molecule has 0 spiro atoms. The van der Waals surface area contributed by atoms with Crippen LogP contribution in [0.5, 0.6) is 5.75 Å². The zero-order valence-corrected chi connectivity index (χ0v) is 11.6. The Morgan fingerprint density at radius 2 is 2.22 bits per heavy atom. The summed E-state index contributed by atoms with van der Waals surface area (Å²) in [5.41, 5.74) is 1.27. The Bertz CT molecular complexity index is 363. The van der Waals surface area contributed by atoms with Gasteiger partial charge in [-0.3, -0.25) is 0 Å². The number of ether oxygens (including phenoxy) is 1. The van der Waals surface area contributed by atoms with Gasteiger partial charge in [0.15, 0.2) is 0 Å². The number of likely N-dealkylation sites (N-methyl/N-ethyl adjacent to an activating group) is 1. The molecular formula is C15H24N2O. The Balaban J connectivity index is 2.67. The molecule has 0 saturated carbocycles. The molecule has 0 aliphatic carbocycles. The number of nitrogens with zero attached hydrogens (tertiary/aromatic N) is 1. The first-order valence-electron chi connectivity index (χ1n) is 6.31. The van der Waals surface area contributed by atoms with Crippen LogP contribution in [0.1, 0.15) is 18.0 Å². The normalized spacial score (nSPS) is 12.4. The molecule has 1 rings (SSSR count). The van der Waals surface area contributed by atoms with Crippen LogP contribution in [0.3, 0.4) is 0 Å². The SMILES string of the molecule is C=CCCNCC(c1cccc(OC)c1)N(C)C. The fourth-order valence-electron chi connectivity index (χ4n) is 1.89. The van der Waals surface area contributed by atoms with E-state index in [1.54, 1.807) is 7.11 Å². The molecule has 1 aromatic rings. The van der Waals surface area contributed by atoms with Crippen molar-refractivity contribution in [1.29, 1.82) is 0 Å². The summed E-state index contributed by atoms with van der Waals surface area (Å²) in [4.78, 5) is 2.22. The van der Waals surface area contributed by atoms with E-state index >= 15 is 0 Å². The lowest BCUT2D eigenvalue weighted by molar-refractivity contribution is 0.288. The quantitative estimate of drug-likeness (QED) is 0.565. The standard InChI is InChI=1S/C15H24N2O/c1-5-6-10-16-12-15(17(2)3)13-8-7-9-14(11-13)18-4/h5,7-9,11,15-16H,1,6,10,12H2,2-4H3. The van der Waals surface area contributed by atoms with Crippen LogP contribution in [0.4, 0.5) is 0 Å². The number of methoxy groups -OCH3 is 1. The molecule has 0 saturated heterocycles. The molecule has 0 bridgehead atoms. The largest absolute Gasteiger partial charge is 0.497 e. The highest BCUT2D eigenvalue weighted by Gasteiger charge is 2.13. The van der Waals surface area contributed by atoms with Gasteiger partial charge in [-0.2, -0.15) is 0 Å². The third kappa shape index (κ3) is 4.51. The second-order valence-corrected chi connectivity index (χ2v) is 4.54. The van der Waals surface area contributed by atoms with Crippen LogP contribution >= 0.6 is 0 Å². The fourth-order valence-corrected chi connectivity index (χ4v) is 1.89. The van der Waals surface area contributed by atoms with Crippen molar-refractivity contribution in [3.05, 3.63) is 42.5 Å². The lowest BCUT2D eigenvalue weighted by Gasteiger charge is -2.25. The molecule has 0 fully saturated rings. The van der Waals surface area contributed by atoms with Crippen molar-refractivity contribution in [2.75, 3.05) is 34.3 Å². The van der Waals surface area contributed by atoms with E-state index in [1.165, 1.54) is 5.56 Å². The number of hydrogen-bond acceptors (Lipinski definition) is 3. The van der Waals surface area contributed by atoms with Gasteiger partial charge in [-0.05, 0) is 44.8 Å². The summed E-state index contributed by atoms with van der Waals surface area (Å²) in [6, 6.07) is 8.60. The monoisotopic (exact) mass is 248 g/mol. The molecule has 0 radical (unpaired) electrons. The highest BCUT2D eigenvalue weighted by Crippen LogP contribution is 2.21. The average Bonchev–Trinajstić information content (AvgIpc) is 2.38. The third-order valence-electron chi connectivity index (χ3n) is 2.96. The lowest BCUT2D eigenvalue weighted by atomic mass is 10.1. The lowest BCUT2D eigenvalue weighted by Crippen LogP contribution is -2.31. The van der Waals surface area contributed by atoms with E-state index in [0.29, 0.717) is 6.04 Å². The van der Waals surface area contributed by atoms with Crippen molar-refractivity contribution in [2.24, 2.45) is 0 Å². The summed E-state index contributed by atoms with van der Waals surface area (Å²) < 4.78 is 5.28. The predicted molar refractivity (Wildman–Crippen MR) is 77.1 cm³/mol. The van der Waals surface area contributed by atoms with Crippen LogP contribution in [0.25, 0.3) is 0 Å². The number of rotatable bonds is 8. The molecule has 0 heterocycles. The highest BCUT2D eigenvalue weighted by atomic mass is 16.5. The molecule has 0 amide bonds. The summed E-state index contributed by atoms with van der Waals surface area (Å²) in [7, 11) is 5.89. The maximum atomic E-state index is 5.28. The fraction of sp³-hybridized carbons (Fsp3) is 0.467. The summed E-state index contributed by atoms with van der Waals surface area (Å²) in [6.45, 7) is 5.62. The van der Waals surface area contributed by atoms with E-state index in [1.807, 2.05) is 18.2 Å². The smallest absolute Gasteiger partial charge is 0.119 e. The summed E-state index contributed by atoms with van der Waals surface area (Å²) in [5.74, 6) is 0.908. The van der Waals surface area contributed by atoms with Gasteiger partial charge in [-0.25, -0.2) is 0 Å². The van der Waals surface area contributed by atoms with Crippen molar-refractivity contribution in [1.82, 2.24) is 10.2 Å². The third-order valence-corrected chi connectivity index (χ3v) is 2.96. The molecule has 100 valence electrons. The Kier molecular flexibility index (Phi) is 6.47. The van der Waals surface area contributed by atoms with Crippen LogP contribution in [0.15, 0.2) is 36.9 Å². The Hall–Kier alpha value is -1.32. The van der Waals surface area contributed by atoms with Gasteiger partial charge in [0.2, 0.25) is 0 Å². The minimum absolute atomic E-state index is 0.352. The molecule has 1 N–H and O–H groups in total. The zero-order chi connectivity index (χ0) is 13.4. The second kappa shape index (κ2) is 7.90. The zero-order valence-electron chi connectivity index (χ0n) is 11.6. The van der Waals surface area contributed by atoms with Crippen LogP contribution in [-0.4, -0.2) is 39.2 Å². The molecule has 0 aliphatic heterocycles. The van der Waals surface area contributed by atoms with Gasteiger partial charge in [0.1, 0.15) is 5.75 Å². The van der Waals surface area contributed by atoms with Crippen LogP contribution < -0.4 is 10.1 Å². The first kappa shape index (κ1) is 14.7. The summed E-state index contributed by atoms with van der Waals surface area (Å²) >= 11 is 0. The van der Waals surface area contributed by atoms with E-state index in [9.17, 15) is 0 Å². The van der Waals surface area contributed by atoms with Crippen molar-refractivity contribution in [2.45, 2.75) is 12.5 Å². The van der Waals surface area contributed by atoms with E-state index < -0.39 is 0 Å². The van der Waals surface area contributed by atoms with Crippen molar-refractivity contribution >= 4 is 0 Å². The van der Waals surface area contributed by atoms with E-state index in [0.717, 1.165) is 25.3 Å². The molecular weight excluding hydrogens is 224 g/mol. The number of hydrogen-bond donors (Lipinski definition) is 1. The average molecular weight is 248 g/mol. The van der Waals surface area contributed by atoms with Gasteiger partial charge in [0.05, 0.1) is 7.11 Å². The summed E-state index contributed by atoms with van der Waals surface area (Å²) in [6.07, 6.45) is 2.93. The Morgan fingerprint density at radius 1 is 1.44 bits per heavy atom. The van der Waals surface area contributed by atoms with Gasteiger partial charge >= 0.3 is 0 Å². The molecule has 0 aromatic heterocycles. The highest BCUT2D eigenvalue weighted by molar-refractivity contribution is 5.30. The first-order chi connectivity index (χ1) is 8.69. The second-order valence-electron chi connectivity index (χ2n) is 4.54. The van der Waals surface area contributed by atoms with Crippen LogP contribution in [-0.2, 0) is 0 Å². The number of benzene rings is 1. The van der Waals surface area contributed by atoms with E-state index in [-0.39, 0.29) is 0 Å². The minimum Gasteiger partial charge on any atom is -0.497 e. The van der Waals surface area contributed by atoms with Gasteiger partial charge in [-0.1, -0.05) is 18.2 Å². The van der Waals surface area contributed by atoms with Crippen molar-refractivity contribution in [3.8, 4) is 5.75 Å². The van der Waals surface area contributed by atoms with Crippen LogP contribution in [0.2, 0.25) is 0 Å². The topological polar surface area (TPSA) is 24.5 Å². The Labute approximate surface area is 110 Å². The van der Waals surface area contributed by atoms with E-state index in [2.05, 4.69) is 43.0 Å². The first-order valence-corrected chi connectivity index (χ1v) is 6.31. The van der Waals surface area contributed by atoms with Gasteiger partial charge in [0.25, 0.3) is 0 Å². The molecule has 0 aliphatic rings. The maximum Gasteiger partial charge on any atom is 0.119 e. The molecule has 18 heavy (non-hydrogen) atoms. The molecule has 1 aromatic carbocycles. The molecule has 3 nitrogen and oxygen atoms in total. The van der Waals surface area contributed by atoms with Gasteiger partial charge in [0, 0.05) is 12.6 Å². The predicted octanol–water partition coefficient (Wildman–Crippen LogP) is 2.46. The number of nitrogens with one attached hydrogen (secondary N) is 1. The molecule has 1 atom stereocenters. The Morgan fingerprint density at radius 3 is 2.83 bits per heavy atom. The van der Waals surface area contributed by atoms with Crippen molar-refractivity contribution < 1.29 is 4.74 Å². The maximum absolute atomic E-state index is 5.28.